The van der Waals surface area contributed by atoms with Crippen LogP contribution in [0.15, 0.2) is 41.0 Å². The predicted octanol–water partition coefficient (Wildman–Crippen LogP) is 2.75. The minimum atomic E-state index is 0.381. The first-order chi connectivity index (χ1) is 9.22. The molecule has 2 N–H and O–H groups in total. The summed E-state index contributed by atoms with van der Waals surface area (Å²) >= 11 is 3.40. The molecule has 0 aliphatic rings. The molecule has 0 unspecified atom stereocenters. The SMILES string of the molecule is N#Cc1cc(COc2ccc(Br)cc2CN)ccn1. The molecule has 19 heavy (non-hydrogen) atoms. The zero-order valence-corrected chi connectivity index (χ0v) is 11.7. The first kappa shape index (κ1) is 13.5. The summed E-state index contributed by atoms with van der Waals surface area (Å²) in [5, 5.41) is 8.78. The van der Waals surface area contributed by atoms with Gasteiger partial charge < -0.3 is 10.5 Å². The van der Waals surface area contributed by atoms with E-state index in [1.54, 1.807) is 12.3 Å². The van der Waals surface area contributed by atoms with Gasteiger partial charge in [-0.1, -0.05) is 15.9 Å². The minimum Gasteiger partial charge on any atom is -0.489 e. The lowest BCUT2D eigenvalue weighted by molar-refractivity contribution is 0.303. The normalized spacial score (nSPS) is 9.95. The van der Waals surface area contributed by atoms with Crippen LogP contribution in [-0.2, 0) is 13.2 Å². The summed E-state index contributed by atoms with van der Waals surface area (Å²) in [6.07, 6.45) is 1.60. The van der Waals surface area contributed by atoms with Crippen LogP contribution in [0.5, 0.6) is 5.75 Å². The van der Waals surface area contributed by atoms with Crippen LogP contribution in [0.3, 0.4) is 0 Å². The molecule has 5 heteroatoms. The van der Waals surface area contributed by atoms with Crippen LogP contribution in [0, 0.1) is 11.3 Å². The van der Waals surface area contributed by atoms with Crippen LogP contribution in [0.25, 0.3) is 0 Å². The molecular formula is C14H12BrN3O. The molecule has 0 amide bonds. The molecule has 0 fully saturated rings. The fourth-order valence-electron chi connectivity index (χ4n) is 1.63. The second-order valence-electron chi connectivity index (χ2n) is 3.91. The number of halogens is 1. The average Bonchev–Trinajstić information content (AvgIpc) is 2.46. The molecule has 2 rings (SSSR count). The third kappa shape index (κ3) is 3.53. The molecule has 0 bridgehead atoms. The summed E-state index contributed by atoms with van der Waals surface area (Å²) in [5.41, 5.74) is 7.90. The summed E-state index contributed by atoms with van der Waals surface area (Å²) in [6.45, 7) is 0.792. The summed E-state index contributed by atoms with van der Waals surface area (Å²) in [7, 11) is 0. The number of aromatic nitrogens is 1. The standard InChI is InChI=1S/C14H12BrN3O/c15-12-1-2-14(11(6-12)7-16)19-9-10-3-4-18-13(5-10)8-17/h1-6H,7,9,16H2. The van der Waals surface area contributed by atoms with E-state index in [0.29, 0.717) is 18.8 Å². The Morgan fingerprint density at radius 3 is 2.89 bits per heavy atom. The van der Waals surface area contributed by atoms with Gasteiger partial charge in [0, 0.05) is 22.8 Å². The van der Waals surface area contributed by atoms with E-state index in [2.05, 4.69) is 20.9 Å². The van der Waals surface area contributed by atoms with Crippen molar-refractivity contribution in [3.05, 3.63) is 57.8 Å². The maximum absolute atomic E-state index is 8.78. The molecule has 1 aromatic carbocycles. The molecule has 0 radical (unpaired) electrons. The molecule has 0 saturated carbocycles. The number of nitrogens with two attached hydrogens (primary N) is 1. The van der Waals surface area contributed by atoms with E-state index < -0.39 is 0 Å². The van der Waals surface area contributed by atoms with Gasteiger partial charge in [0.05, 0.1) is 0 Å². The second kappa shape index (κ2) is 6.32. The summed E-state index contributed by atoms with van der Waals surface area (Å²) < 4.78 is 6.70. The van der Waals surface area contributed by atoms with Gasteiger partial charge in [-0.3, -0.25) is 0 Å². The number of hydrogen-bond donors (Lipinski definition) is 1. The van der Waals surface area contributed by atoms with Crippen molar-refractivity contribution in [1.82, 2.24) is 4.98 Å². The quantitative estimate of drug-likeness (QED) is 0.941. The highest BCUT2D eigenvalue weighted by atomic mass is 79.9. The highest BCUT2D eigenvalue weighted by Gasteiger charge is 2.04. The Labute approximate surface area is 120 Å². The number of ether oxygens (including phenoxy) is 1. The molecule has 1 aromatic heterocycles. The van der Waals surface area contributed by atoms with Gasteiger partial charge in [-0.15, -0.1) is 0 Å². The Morgan fingerprint density at radius 2 is 2.16 bits per heavy atom. The molecule has 2 aromatic rings. The Balaban J connectivity index is 2.12. The Bertz CT molecular complexity index is 622. The van der Waals surface area contributed by atoms with E-state index in [1.807, 2.05) is 30.3 Å². The van der Waals surface area contributed by atoms with E-state index in [9.17, 15) is 0 Å². The molecule has 0 spiro atoms. The van der Waals surface area contributed by atoms with Gasteiger partial charge in [-0.25, -0.2) is 4.98 Å². The fraction of sp³-hybridized carbons (Fsp3) is 0.143. The molecule has 96 valence electrons. The number of nitriles is 1. The zero-order chi connectivity index (χ0) is 13.7. The monoisotopic (exact) mass is 317 g/mol. The lowest BCUT2D eigenvalue weighted by atomic mass is 10.2. The van der Waals surface area contributed by atoms with E-state index >= 15 is 0 Å². The molecule has 4 nitrogen and oxygen atoms in total. The average molecular weight is 318 g/mol. The minimum absolute atomic E-state index is 0.381. The molecule has 0 atom stereocenters. The second-order valence-corrected chi connectivity index (χ2v) is 4.82. The number of pyridine rings is 1. The maximum atomic E-state index is 8.78. The van der Waals surface area contributed by atoms with Gasteiger partial charge in [0.25, 0.3) is 0 Å². The van der Waals surface area contributed by atoms with Crippen LogP contribution >= 0.6 is 15.9 Å². The summed E-state index contributed by atoms with van der Waals surface area (Å²) in [4.78, 5) is 3.92. The van der Waals surface area contributed by atoms with E-state index in [1.165, 1.54) is 0 Å². The van der Waals surface area contributed by atoms with Gasteiger partial charge in [-0.05, 0) is 35.9 Å². The number of benzene rings is 1. The highest BCUT2D eigenvalue weighted by molar-refractivity contribution is 9.10. The highest BCUT2D eigenvalue weighted by Crippen LogP contribution is 2.23. The molecule has 0 aliphatic heterocycles. The molecule has 0 saturated heterocycles. The van der Waals surface area contributed by atoms with Gasteiger partial charge in [-0.2, -0.15) is 5.26 Å². The van der Waals surface area contributed by atoms with Crippen LogP contribution < -0.4 is 10.5 Å². The number of hydrogen-bond acceptors (Lipinski definition) is 4. The van der Waals surface area contributed by atoms with Crippen molar-refractivity contribution in [3.8, 4) is 11.8 Å². The van der Waals surface area contributed by atoms with Gasteiger partial charge >= 0.3 is 0 Å². The van der Waals surface area contributed by atoms with Crippen molar-refractivity contribution in [2.75, 3.05) is 0 Å². The number of nitrogens with zero attached hydrogens (tertiary/aromatic N) is 2. The topological polar surface area (TPSA) is 71.9 Å². The fourth-order valence-corrected chi connectivity index (χ4v) is 2.04. The Kier molecular flexibility index (Phi) is 4.50. The van der Waals surface area contributed by atoms with Crippen molar-refractivity contribution in [3.63, 3.8) is 0 Å². The lowest BCUT2D eigenvalue weighted by Gasteiger charge is -2.10. The maximum Gasteiger partial charge on any atom is 0.140 e. The van der Waals surface area contributed by atoms with Gasteiger partial charge in [0.1, 0.15) is 24.1 Å². The predicted molar refractivity (Wildman–Crippen MR) is 75.3 cm³/mol. The molecular weight excluding hydrogens is 306 g/mol. The molecule has 1 heterocycles. The first-order valence-corrected chi connectivity index (χ1v) is 6.48. The Hall–Kier alpha value is -1.90. The Morgan fingerprint density at radius 1 is 1.32 bits per heavy atom. The zero-order valence-electron chi connectivity index (χ0n) is 10.1. The van der Waals surface area contributed by atoms with Crippen molar-refractivity contribution >= 4 is 15.9 Å². The summed E-state index contributed by atoms with van der Waals surface area (Å²) in [6, 6.07) is 11.2. The smallest absolute Gasteiger partial charge is 0.140 e. The van der Waals surface area contributed by atoms with E-state index in [4.69, 9.17) is 15.7 Å². The molecule has 0 aliphatic carbocycles. The van der Waals surface area contributed by atoms with Crippen LogP contribution in [-0.4, -0.2) is 4.98 Å². The van der Waals surface area contributed by atoms with Crippen molar-refractivity contribution in [2.45, 2.75) is 13.2 Å². The lowest BCUT2D eigenvalue weighted by Crippen LogP contribution is -2.03. The number of rotatable bonds is 4. The van der Waals surface area contributed by atoms with Crippen LogP contribution in [0.1, 0.15) is 16.8 Å². The van der Waals surface area contributed by atoms with Crippen LogP contribution in [0.2, 0.25) is 0 Å². The van der Waals surface area contributed by atoms with E-state index in [0.717, 1.165) is 21.3 Å². The van der Waals surface area contributed by atoms with Gasteiger partial charge in [0.2, 0.25) is 0 Å². The van der Waals surface area contributed by atoms with Crippen molar-refractivity contribution in [1.29, 1.82) is 5.26 Å². The largest absolute Gasteiger partial charge is 0.489 e. The van der Waals surface area contributed by atoms with Crippen molar-refractivity contribution in [2.24, 2.45) is 5.73 Å². The third-order valence-corrected chi connectivity index (χ3v) is 3.07. The van der Waals surface area contributed by atoms with Crippen LogP contribution in [0.4, 0.5) is 0 Å². The first-order valence-electron chi connectivity index (χ1n) is 5.69. The van der Waals surface area contributed by atoms with Gasteiger partial charge in [0.15, 0.2) is 0 Å². The third-order valence-electron chi connectivity index (χ3n) is 2.58. The summed E-state index contributed by atoms with van der Waals surface area (Å²) in [5.74, 6) is 0.751. The van der Waals surface area contributed by atoms with E-state index in [-0.39, 0.29) is 0 Å². The van der Waals surface area contributed by atoms with Crippen molar-refractivity contribution < 1.29 is 4.74 Å².